The minimum absolute atomic E-state index is 0.124. The van der Waals surface area contributed by atoms with Gasteiger partial charge in [0.25, 0.3) is 0 Å². The van der Waals surface area contributed by atoms with Gasteiger partial charge in [0, 0.05) is 16.8 Å². The van der Waals surface area contributed by atoms with Crippen LogP contribution in [0.5, 0.6) is 11.5 Å². The topological polar surface area (TPSA) is 30.8 Å². The molecule has 3 nitrogen and oxygen atoms in total. The van der Waals surface area contributed by atoms with E-state index >= 15 is 0 Å². The van der Waals surface area contributed by atoms with Crippen LogP contribution in [0.1, 0.15) is 11.1 Å². The van der Waals surface area contributed by atoms with Crippen LogP contribution in [-0.4, -0.2) is 13.3 Å². The van der Waals surface area contributed by atoms with Crippen LogP contribution in [0, 0.1) is 5.82 Å². The van der Waals surface area contributed by atoms with Gasteiger partial charge in [0.1, 0.15) is 12.4 Å². The van der Waals surface area contributed by atoms with Crippen LogP contribution in [0.25, 0.3) is 0 Å². The van der Waals surface area contributed by atoms with E-state index in [9.17, 15) is 4.39 Å². The van der Waals surface area contributed by atoms with Crippen LogP contribution in [0.3, 0.4) is 0 Å². The number of benzene rings is 3. The number of hydrogen-bond acceptors (Lipinski definition) is 3. The molecule has 0 saturated heterocycles. The first kappa shape index (κ1) is 18.0. The maximum Gasteiger partial charge on any atom is 0.161 e. The number of ether oxygens (including phenoxy) is 2. The van der Waals surface area contributed by atoms with Crippen LogP contribution in [0.4, 0.5) is 10.1 Å². The van der Waals surface area contributed by atoms with E-state index in [1.807, 2.05) is 24.3 Å². The molecule has 0 aliphatic heterocycles. The van der Waals surface area contributed by atoms with E-state index in [-0.39, 0.29) is 12.4 Å². The highest BCUT2D eigenvalue weighted by Gasteiger charge is 2.07. The Morgan fingerprint density at radius 1 is 1.00 bits per heavy atom. The molecule has 0 spiro atoms. The molecule has 0 heterocycles. The van der Waals surface area contributed by atoms with Gasteiger partial charge >= 0.3 is 0 Å². The molecule has 0 aliphatic carbocycles. The normalized spacial score (nSPS) is 10.9. The Hall–Kier alpha value is -2.85. The predicted molar refractivity (Wildman–Crippen MR) is 102 cm³/mol. The van der Waals surface area contributed by atoms with Crippen LogP contribution in [-0.2, 0) is 6.61 Å². The Kier molecular flexibility index (Phi) is 5.87. The molecule has 0 N–H and O–H groups in total. The average molecular weight is 370 g/mol. The Morgan fingerprint density at radius 3 is 2.62 bits per heavy atom. The summed E-state index contributed by atoms with van der Waals surface area (Å²) in [5.41, 5.74) is 2.09. The zero-order valence-corrected chi connectivity index (χ0v) is 14.9. The smallest absolute Gasteiger partial charge is 0.161 e. The Labute approximate surface area is 156 Å². The zero-order chi connectivity index (χ0) is 18.4. The van der Waals surface area contributed by atoms with Crippen molar-refractivity contribution in [3.63, 3.8) is 0 Å². The molecule has 3 aromatic carbocycles. The Morgan fingerprint density at radius 2 is 1.85 bits per heavy atom. The number of hydrogen-bond donors (Lipinski definition) is 0. The first-order valence-electron chi connectivity index (χ1n) is 7.99. The van der Waals surface area contributed by atoms with Gasteiger partial charge < -0.3 is 9.47 Å². The quantitative estimate of drug-likeness (QED) is 0.513. The van der Waals surface area contributed by atoms with Crippen LogP contribution in [0.2, 0.25) is 5.02 Å². The van der Waals surface area contributed by atoms with E-state index in [4.69, 9.17) is 21.1 Å². The van der Waals surface area contributed by atoms with Gasteiger partial charge in [0.2, 0.25) is 0 Å². The first-order valence-corrected chi connectivity index (χ1v) is 8.37. The summed E-state index contributed by atoms with van der Waals surface area (Å²) >= 11 is 5.95. The van der Waals surface area contributed by atoms with Gasteiger partial charge in [-0.2, -0.15) is 0 Å². The summed E-state index contributed by atoms with van der Waals surface area (Å²) in [5, 5.41) is 0.633. The van der Waals surface area contributed by atoms with Crippen molar-refractivity contribution in [1.82, 2.24) is 0 Å². The molecular weight excluding hydrogens is 353 g/mol. The molecule has 0 aromatic heterocycles. The van der Waals surface area contributed by atoms with E-state index in [0.717, 1.165) is 11.3 Å². The summed E-state index contributed by atoms with van der Waals surface area (Å²) in [6.45, 7) is 0.124. The molecule has 0 atom stereocenters. The second kappa shape index (κ2) is 8.50. The fraction of sp³-hybridized carbons (Fsp3) is 0.0952. The van der Waals surface area contributed by atoms with Crippen molar-refractivity contribution in [3.05, 3.63) is 88.7 Å². The monoisotopic (exact) mass is 369 g/mol. The lowest BCUT2D eigenvalue weighted by Crippen LogP contribution is -2.00. The third-order valence-electron chi connectivity index (χ3n) is 3.70. The molecular formula is C21H17ClFNO2. The van der Waals surface area contributed by atoms with Crippen LogP contribution < -0.4 is 9.47 Å². The summed E-state index contributed by atoms with van der Waals surface area (Å²) in [7, 11) is 1.56. The standard InChI is InChI=1S/C21H17ClFNO2/c1-25-21-11-15(13-24-18-7-4-6-17(22)12-18)9-10-20(21)26-14-16-5-2-3-8-19(16)23/h2-13H,14H2,1H3. The van der Waals surface area contributed by atoms with Gasteiger partial charge in [-0.05, 0) is 48.0 Å². The summed E-state index contributed by atoms with van der Waals surface area (Å²) in [6.07, 6.45) is 1.72. The minimum Gasteiger partial charge on any atom is -0.493 e. The van der Waals surface area contributed by atoms with Crippen molar-refractivity contribution >= 4 is 23.5 Å². The van der Waals surface area contributed by atoms with Crippen molar-refractivity contribution in [2.24, 2.45) is 4.99 Å². The van der Waals surface area contributed by atoms with E-state index in [1.165, 1.54) is 6.07 Å². The van der Waals surface area contributed by atoms with Crippen LogP contribution in [0.15, 0.2) is 71.7 Å². The van der Waals surface area contributed by atoms with Gasteiger partial charge in [-0.15, -0.1) is 0 Å². The van der Waals surface area contributed by atoms with Crippen molar-refractivity contribution in [2.75, 3.05) is 7.11 Å². The number of halogens is 2. The van der Waals surface area contributed by atoms with Crippen LogP contribution >= 0.6 is 11.6 Å². The summed E-state index contributed by atoms with van der Waals surface area (Å²) in [4.78, 5) is 4.39. The maximum absolute atomic E-state index is 13.7. The predicted octanol–water partition coefficient (Wildman–Crippen LogP) is 5.82. The SMILES string of the molecule is COc1cc(C=Nc2cccc(Cl)c2)ccc1OCc1ccccc1F. The lowest BCUT2D eigenvalue weighted by molar-refractivity contribution is 0.279. The van der Waals surface area contributed by atoms with E-state index in [2.05, 4.69) is 4.99 Å². The highest BCUT2D eigenvalue weighted by molar-refractivity contribution is 6.30. The largest absolute Gasteiger partial charge is 0.493 e. The summed E-state index contributed by atoms with van der Waals surface area (Å²) in [5.74, 6) is 0.795. The summed E-state index contributed by atoms with van der Waals surface area (Å²) in [6, 6.07) is 19.2. The molecule has 0 radical (unpaired) electrons. The first-order chi connectivity index (χ1) is 12.7. The molecule has 0 amide bonds. The molecule has 3 rings (SSSR count). The Bertz CT molecular complexity index is 927. The molecule has 0 saturated carbocycles. The molecule has 0 aliphatic rings. The molecule has 132 valence electrons. The van der Waals surface area contributed by atoms with Gasteiger partial charge in [-0.3, -0.25) is 4.99 Å². The zero-order valence-electron chi connectivity index (χ0n) is 14.2. The van der Waals surface area contributed by atoms with Crippen molar-refractivity contribution in [1.29, 1.82) is 0 Å². The molecule has 0 bridgehead atoms. The number of aliphatic imine (C=N–C) groups is 1. The Balaban J connectivity index is 1.74. The fourth-order valence-electron chi connectivity index (χ4n) is 2.36. The van der Waals surface area contributed by atoms with Gasteiger partial charge in [-0.25, -0.2) is 4.39 Å². The number of rotatable bonds is 6. The summed E-state index contributed by atoms with van der Waals surface area (Å²) < 4.78 is 24.8. The van der Waals surface area contributed by atoms with Crippen molar-refractivity contribution in [2.45, 2.75) is 6.61 Å². The highest BCUT2D eigenvalue weighted by atomic mass is 35.5. The maximum atomic E-state index is 13.7. The molecule has 5 heteroatoms. The van der Waals surface area contributed by atoms with E-state index < -0.39 is 0 Å². The fourth-order valence-corrected chi connectivity index (χ4v) is 2.54. The average Bonchev–Trinajstić information content (AvgIpc) is 2.66. The number of methoxy groups -OCH3 is 1. The van der Waals surface area contributed by atoms with Crippen molar-refractivity contribution in [3.8, 4) is 11.5 Å². The van der Waals surface area contributed by atoms with Gasteiger partial charge in [0.05, 0.1) is 12.8 Å². The molecule has 0 unspecified atom stereocenters. The molecule has 3 aromatic rings. The lowest BCUT2D eigenvalue weighted by atomic mass is 10.2. The number of nitrogens with zero attached hydrogens (tertiary/aromatic N) is 1. The van der Waals surface area contributed by atoms with E-state index in [0.29, 0.717) is 22.1 Å². The molecule has 0 fully saturated rings. The third-order valence-corrected chi connectivity index (χ3v) is 3.93. The van der Waals surface area contributed by atoms with Crippen molar-refractivity contribution < 1.29 is 13.9 Å². The second-order valence-corrected chi connectivity index (χ2v) is 5.96. The second-order valence-electron chi connectivity index (χ2n) is 5.53. The third kappa shape index (κ3) is 4.61. The minimum atomic E-state index is -0.295. The lowest BCUT2D eigenvalue weighted by Gasteiger charge is -2.11. The van der Waals surface area contributed by atoms with Gasteiger partial charge in [0.15, 0.2) is 11.5 Å². The highest BCUT2D eigenvalue weighted by Crippen LogP contribution is 2.29. The van der Waals surface area contributed by atoms with E-state index in [1.54, 1.807) is 49.7 Å². The van der Waals surface area contributed by atoms with Gasteiger partial charge in [-0.1, -0.05) is 35.9 Å². The molecule has 26 heavy (non-hydrogen) atoms.